The van der Waals surface area contributed by atoms with Crippen LogP contribution in [0.2, 0.25) is 0 Å². The zero-order chi connectivity index (χ0) is 16.1. The van der Waals surface area contributed by atoms with Crippen LogP contribution < -0.4 is 0 Å². The molecule has 2 amide bonds. The standard InChI is InChI=1S/C17H29N3O3/c21-16-6-4-9-20(16)14-17(22)19-10-5-11-23-15(13-19)12-18-7-2-1-3-8-18/h15H,1-14H2/t15-/m1/s1. The predicted octanol–water partition coefficient (Wildman–Crippen LogP) is 0.712. The van der Waals surface area contributed by atoms with Gasteiger partial charge in [0.15, 0.2) is 0 Å². The van der Waals surface area contributed by atoms with E-state index in [-0.39, 0.29) is 24.5 Å². The first kappa shape index (κ1) is 16.7. The maximum Gasteiger partial charge on any atom is 0.242 e. The second kappa shape index (κ2) is 8.11. The highest BCUT2D eigenvalue weighted by Gasteiger charge is 2.28. The Bertz CT molecular complexity index is 423. The topological polar surface area (TPSA) is 53.1 Å². The van der Waals surface area contributed by atoms with Gasteiger partial charge >= 0.3 is 0 Å². The molecule has 6 nitrogen and oxygen atoms in total. The Kier molecular flexibility index (Phi) is 5.89. The Morgan fingerprint density at radius 2 is 1.87 bits per heavy atom. The van der Waals surface area contributed by atoms with Crippen molar-refractivity contribution in [1.82, 2.24) is 14.7 Å². The molecule has 0 radical (unpaired) electrons. The van der Waals surface area contributed by atoms with Crippen molar-refractivity contribution < 1.29 is 14.3 Å². The fourth-order valence-electron chi connectivity index (χ4n) is 3.80. The van der Waals surface area contributed by atoms with Crippen molar-refractivity contribution >= 4 is 11.8 Å². The summed E-state index contributed by atoms with van der Waals surface area (Å²) in [4.78, 5) is 30.3. The van der Waals surface area contributed by atoms with Crippen LogP contribution in [-0.2, 0) is 14.3 Å². The number of hydrogen-bond donors (Lipinski definition) is 0. The molecule has 0 aromatic heterocycles. The van der Waals surface area contributed by atoms with Crippen molar-refractivity contribution in [1.29, 1.82) is 0 Å². The molecule has 0 unspecified atom stereocenters. The average molecular weight is 323 g/mol. The first-order chi connectivity index (χ1) is 11.2. The second-order valence-electron chi connectivity index (χ2n) is 6.97. The zero-order valence-corrected chi connectivity index (χ0v) is 14.0. The fourth-order valence-corrected chi connectivity index (χ4v) is 3.80. The van der Waals surface area contributed by atoms with E-state index < -0.39 is 0 Å². The number of nitrogens with zero attached hydrogens (tertiary/aromatic N) is 3. The molecular formula is C17H29N3O3. The van der Waals surface area contributed by atoms with E-state index in [4.69, 9.17) is 4.74 Å². The lowest BCUT2D eigenvalue weighted by molar-refractivity contribution is -0.138. The number of hydrogen-bond acceptors (Lipinski definition) is 4. The van der Waals surface area contributed by atoms with Crippen LogP contribution in [0.25, 0.3) is 0 Å². The maximum absolute atomic E-state index is 12.6. The van der Waals surface area contributed by atoms with Crippen molar-refractivity contribution in [3.63, 3.8) is 0 Å². The number of rotatable bonds is 4. The van der Waals surface area contributed by atoms with E-state index in [0.29, 0.717) is 13.0 Å². The average Bonchev–Trinajstić information content (AvgIpc) is 2.82. The van der Waals surface area contributed by atoms with Crippen LogP contribution in [0.5, 0.6) is 0 Å². The molecular weight excluding hydrogens is 294 g/mol. The number of likely N-dealkylation sites (tertiary alicyclic amines) is 2. The Hall–Kier alpha value is -1.14. The largest absolute Gasteiger partial charge is 0.375 e. The number of carbonyl (C=O) groups is 2. The van der Waals surface area contributed by atoms with Crippen molar-refractivity contribution in [2.24, 2.45) is 0 Å². The minimum absolute atomic E-state index is 0.0781. The van der Waals surface area contributed by atoms with Gasteiger partial charge < -0.3 is 19.4 Å². The smallest absolute Gasteiger partial charge is 0.242 e. The molecule has 3 aliphatic heterocycles. The molecule has 0 aromatic rings. The summed E-state index contributed by atoms with van der Waals surface area (Å²) in [5.41, 5.74) is 0. The summed E-state index contributed by atoms with van der Waals surface area (Å²) >= 11 is 0. The Balaban J connectivity index is 1.51. The zero-order valence-electron chi connectivity index (χ0n) is 14.0. The highest BCUT2D eigenvalue weighted by atomic mass is 16.5. The van der Waals surface area contributed by atoms with Crippen molar-refractivity contribution in [2.45, 2.75) is 44.6 Å². The predicted molar refractivity (Wildman–Crippen MR) is 87.0 cm³/mol. The number of carbonyl (C=O) groups excluding carboxylic acids is 2. The molecule has 0 N–H and O–H groups in total. The van der Waals surface area contributed by atoms with Gasteiger partial charge in [-0.1, -0.05) is 6.42 Å². The summed E-state index contributed by atoms with van der Waals surface area (Å²) in [7, 11) is 0. The quantitative estimate of drug-likeness (QED) is 0.765. The minimum atomic E-state index is 0.0781. The monoisotopic (exact) mass is 323 g/mol. The highest BCUT2D eigenvalue weighted by Crippen LogP contribution is 2.14. The molecule has 0 bridgehead atoms. The van der Waals surface area contributed by atoms with Crippen molar-refractivity contribution in [3.05, 3.63) is 0 Å². The molecule has 0 aromatic carbocycles. The van der Waals surface area contributed by atoms with E-state index in [0.717, 1.165) is 52.2 Å². The van der Waals surface area contributed by atoms with Crippen LogP contribution >= 0.6 is 0 Å². The van der Waals surface area contributed by atoms with E-state index in [9.17, 15) is 9.59 Å². The molecule has 3 heterocycles. The SMILES string of the molecule is O=C1CCCN1CC(=O)N1CCCO[C@H](CN2CCCCC2)C1. The molecule has 0 saturated carbocycles. The van der Waals surface area contributed by atoms with Gasteiger partial charge in [0.2, 0.25) is 11.8 Å². The second-order valence-corrected chi connectivity index (χ2v) is 6.97. The van der Waals surface area contributed by atoms with Crippen LogP contribution in [0.3, 0.4) is 0 Å². The molecule has 3 rings (SSSR count). The summed E-state index contributed by atoms with van der Waals surface area (Å²) in [5, 5.41) is 0. The summed E-state index contributed by atoms with van der Waals surface area (Å²) in [6, 6.07) is 0. The van der Waals surface area contributed by atoms with Gasteiger partial charge in [-0.3, -0.25) is 9.59 Å². The first-order valence-electron chi connectivity index (χ1n) is 9.12. The lowest BCUT2D eigenvalue weighted by Gasteiger charge is -2.32. The van der Waals surface area contributed by atoms with Gasteiger partial charge in [-0.25, -0.2) is 0 Å². The highest BCUT2D eigenvalue weighted by molar-refractivity contribution is 5.85. The van der Waals surface area contributed by atoms with Crippen LogP contribution in [0, 0.1) is 0 Å². The molecule has 23 heavy (non-hydrogen) atoms. The summed E-state index contributed by atoms with van der Waals surface area (Å²) < 4.78 is 5.96. The molecule has 3 saturated heterocycles. The van der Waals surface area contributed by atoms with Gasteiger partial charge in [-0.2, -0.15) is 0 Å². The first-order valence-corrected chi connectivity index (χ1v) is 9.12. The number of piperidine rings is 1. The summed E-state index contributed by atoms with van der Waals surface area (Å²) in [5.74, 6) is 0.198. The maximum atomic E-state index is 12.6. The normalized spacial score (nSPS) is 27.3. The molecule has 0 aliphatic carbocycles. The van der Waals surface area contributed by atoms with Gasteiger partial charge in [0.1, 0.15) is 0 Å². The van der Waals surface area contributed by atoms with E-state index in [1.54, 1.807) is 4.90 Å². The van der Waals surface area contributed by atoms with E-state index in [2.05, 4.69) is 4.90 Å². The third kappa shape index (κ3) is 4.67. The minimum Gasteiger partial charge on any atom is -0.375 e. The molecule has 1 atom stereocenters. The Morgan fingerprint density at radius 3 is 2.61 bits per heavy atom. The van der Waals surface area contributed by atoms with Gasteiger partial charge in [0, 0.05) is 39.2 Å². The van der Waals surface area contributed by atoms with Crippen LogP contribution in [0.15, 0.2) is 0 Å². The number of amides is 2. The van der Waals surface area contributed by atoms with Gasteiger partial charge in [0.05, 0.1) is 12.6 Å². The molecule has 3 aliphatic rings. The lowest BCUT2D eigenvalue weighted by Crippen LogP contribution is -2.46. The van der Waals surface area contributed by atoms with Crippen LogP contribution in [0.1, 0.15) is 38.5 Å². The van der Waals surface area contributed by atoms with Crippen molar-refractivity contribution in [2.75, 3.05) is 52.4 Å². The van der Waals surface area contributed by atoms with Gasteiger partial charge in [-0.15, -0.1) is 0 Å². The molecule has 3 fully saturated rings. The fraction of sp³-hybridized carbons (Fsp3) is 0.882. The summed E-state index contributed by atoms with van der Waals surface area (Å²) in [6.45, 7) is 6.33. The Morgan fingerprint density at radius 1 is 1.04 bits per heavy atom. The van der Waals surface area contributed by atoms with E-state index in [1.165, 1.54) is 19.3 Å². The summed E-state index contributed by atoms with van der Waals surface area (Å²) in [6.07, 6.45) is 6.33. The lowest BCUT2D eigenvalue weighted by atomic mass is 10.1. The van der Waals surface area contributed by atoms with Gasteiger partial charge in [-0.05, 0) is 38.8 Å². The van der Waals surface area contributed by atoms with Crippen LogP contribution in [0.4, 0.5) is 0 Å². The Labute approximate surface area is 138 Å². The third-order valence-electron chi connectivity index (χ3n) is 5.11. The molecule has 0 spiro atoms. The van der Waals surface area contributed by atoms with Gasteiger partial charge in [0.25, 0.3) is 0 Å². The number of ether oxygens (including phenoxy) is 1. The molecule has 6 heteroatoms. The van der Waals surface area contributed by atoms with E-state index in [1.807, 2.05) is 4.90 Å². The van der Waals surface area contributed by atoms with E-state index >= 15 is 0 Å². The third-order valence-corrected chi connectivity index (χ3v) is 5.11. The van der Waals surface area contributed by atoms with Crippen LogP contribution in [-0.4, -0.2) is 85.0 Å². The molecule has 130 valence electrons. The van der Waals surface area contributed by atoms with Crippen molar-refractivity contribution in [3.8, 4) is 0 Å².